The summed E-state index contributed by atoms with van der Waals surface area (Å²) in [5.74, 6) is 1.68. The lowest BCUT2D eigenvalue weighted by atomic mass is 9.83. The van der Waals surface area contributed by atoms with Crippen LogP contribution in [0.15, 0.2) is 66.7 Å². The molecule has 0 fully saturated rings. The van der Waals surface area contributed by atoms with Crippen molar-refractivity contribution in [3.63, 3.8) is 0 Å². The Labute approximate surface area is 176 Å². The third-order valence-corrected chi connectivity index (χ3v) is 5.81. The molecule has 3 aromatic rings. The lowest BCUT2D eigenvalue weighted by Gasteiger charge is -2.35. The molecule has 0 amide bonds. The third kappa shape index (κ3) is 3.04. The second kappa shape index (κ2) is 6.53. The van der Waals surface area contributed by atoms with E-state index in [1.54, 1.807) is 0 Å². The highest BCUT2D eigenvalue weighted by Crippen LogP contribution is 2.49. The molecule has 0 saturated heterocycles. The molecule has 0 unspecified atom stereocenters. The van der Waals surface area contributed by atoms with Gasteiger partial charge in [0.2, 0.25) is 0 Å². The van der Waals surface area contributed by atoms with Crippen LogP contribution in [0.5, 0.6) is 5.75 Å². The maximum atomic E-state index is 6.46. The largest absolute Gasteiger partial charge is 0.456 e. The van der Waals surface area contributed by atoms with Crippen LogP contribution in [0.25, 0.3) is 28.5 Å². The van der Waals surface area contributed by atoms with Gasteiger partial charge in [0.15, 0.2) is 0 Å². The van der Waals surface area contributed by atoms with Gasteiger partial charge < -0.3 is 10.1 Å². The van der Waals surface area contributed by atoms with E-state index in [-0.39, 0.29) is 5.54 Å². The average Bonchev–Trinajstić information content (AvgIpc) is 2.68. The van der Waals surface area contributed by atoms with E-state index in [9.17, 15) is 0 Å². The van der Waals surface area contributed by atoms with Crippen LogP contribution in [0, 0.1) is 0 Å². The minimum absolute atomic E-state index is 0.0919. The number of rotatable bonds is 1. The SMILES string of the molecule is CC1=CC(C)(C)Nc2ccc3c(c21)/C(=C/c1ccccc1Cl)Oc1ccccc1-3. The maximum absolute atomic E-state index is 6.46. The van der Waals surface area contributed by atoms with Gasteiger partial charge in [-0.15, -0.1) is 0 Å². The van der Waals surface area contributed by atoms with Crippen molar-refractivity contribution < 1.29 is 4.74 Å². The fourth-order valence-corrected chi connectivity index (χ4v) is 4.57. The van der Waals surface area contributed by atoms with E-state index in [0.29, 0.717) is 5.02 Å². The molecule has 0 radical (unpaired) electrons. The molecule has 0 saturated carbocycles. The average molecular weight is 400 g/mol. The van der Waals surface area contributed by atoms with E-state index in [1.807, 2.05) is 42.5 Å². The summed E-state index contributed by atoms with van der Waals surface area (Å²) in [6.07, 6.45) is 4.33. The Hall–Kier alpha value is -2.97. The van der Waals surface area contributed by atoms with Gasteiger partial charge in [-0.25, -0.2) is 0 Å². The standard InChI is InChI=1S/C26H22ClNO/c1-16-15-26(2,3)28-21-13-12-19-18-9-5-7-11-22(18)29-23(25(19)24(16)21)14-17-8-4-6-10-20(17)27/h4-15,28H,1-3H3/b23-14-. The first-order valence-corrected chi connectivity index (χ1v) is 10.2. The lowest BCUT2D eigenvalue weighted by molar-refractivity contribution is 0.514. The molecule has 0 bridgehead atoms. The van der Waals surface area contributed by atoms with E-state index in [0.717, 1.165) is 33.9 Å². The number of ether oxygens (including phenoxy) is 1. The Morgan fingerprint density at radius 2 is 1.66 bits per heavy atom. The summed E-state index contributed by atoms with van der Waals surface area (Å²) in [6.45, 7) is 6.55. The van der Waals surface area contributed by atoms with Crippen molar-refractivity contribution in [3.8, 4) is 16.9 Å². The topological polar surface area (TPSA) is 21.3 Å². The van der Waals surface area contributed by atoms with Crippen LogP contribution < -0.4 is 10.1 Å². The van der Waals surface area contributed by atoms with Crippen molar-refractivity contribution >= 4 is 34.7 Å². The molecule has 3 aromatic carbocycles. The van der Waals surface area contributed by atoms with Crippen LogP contribution in [0.2, 0.25) is 5.02 Å². The third-order valence-electron chi connectivity index (χ3n) is 5.47. The van der Waals surface area contributed by atoms with Crippen LogP contribution in [0.4, 0.5) is 5.69 Å². The fraction of sp³-hybridized carbons (Fsp3) is 0.154. The number of benzene rings is 3. The predicted octanol–water partition coefficient (Wildman–Crippen LogP) is 7.50. The first-order valence-electron chi connectivity index (χ1n) is 9.82. The van der Waals surface area contributed by atoms with Gasteiger partial charge in [-0.1, -0.05) is 60.1 Å². The van der Waals surface area contributed by atoms with Crippen molar-refractivity contribution in [1.82, 2.24) is 0 Å². The lowest BCUT2D eigenvalue weighted by Crippen LogP contribution is -2.32. The van der Waals surface area contributed by atoms with Gasteiger partial charge >= 0.3 is 0 Å². The molecule has 0 aliphatic carbocycles. The summed E-state index contributed by atoms with van der Waals surface area (Å²) in [6, 6.07) is 20.4. The van der Waals surface area contributed by atoms with E-state index in [2.05, 4.69) is 56.4 Å². The number of hydrogen-bond acceptors (Lipinski definition) is 2. The van der Waals surface area contributed by atoms with Crippen LogP contribution >= 0.6 is 11.6 Å². The fourth-order valence-electron chi connectivity index (χ4n) is 4.38. The molecule has 2 nitrogen and oxygen atoms in total. The highest BCUT2D eigenvalue weighted by Gasteiger charge is 2.31. The van der Waals surface area contributed by atoms with Crippen LogP contribution in [0.3, 0.4) is 0 Å². The van der Waals surface area contributed by atoms with Crippen molar-refractivity contribution in [3.05, 3.63) is 88.5 Å². The molecule has 5 rings (SSSR count). The molecular formula is C26H22ClNO. The second-order valence-electron chi connectivity index (χ2n) is 8.21. The van der Waals surface area contributed by atoms with Gasteiger partial charge in [-0.05, 0) is 61.7 Å². The van der Waals surface area contributed by atoms with Crippen LogP contribution in [0.1, 0.15) is 37.5 Å². The quantitative estimate of drug-likeness (QED) is 0.457. The molecule has 2 aliphatic heterocycles. The Balaban J connectivity index is 1.81. The minimum Gasteiger partial charge on any atom is -0.456 e. The van der Waals surface area contributed by atoms with E-state index in [4.69, 9.17) is 16.3 Å². The molecule has 144 valence electrons. The monoisotopic (exact) mass is 399 g/mol. The molecule has 0 spiro atoms. The summed E-state index contributed by atoms with van der Waals surface area (Å²) < 4.78 is 6.43. The van der Waals surface area contributed by atoms with E-state index in [1.165, 1.54) is 16.7 Å². The van der Waals surface area contributed by atoms with Crippen LogP contribution in [-0.2, 0) is 0 Å². The summed E-state index contributed by atoms with van der Waals surface area (Å²) in [5.41, 5.74) is 7.81. The van der Waals surface area contributed by atoms with Gasteiger partial charge in [0, 0.05) is 27.4 Å². The van der Waals surface area contributed by atoms with Gasteiger partial charge in [-0.3, -0.25) is 0 Å². The second-order valence-corrected chi connectivity index (χ2v) is 8.62. The molecular weight excluding hydrogens is 378 g/mol. The number of allylic oxidation sites excluding steroid dienone is 1. The van der Waals surface area contributed by atoms with Crippen molar-refractivity contribution in [2.24, 2.45) is 0 Å². The maximum Gasteiger partial charge on any atom is 0.136 e. The first-order chi connectivity index (χ1) is 13.9. The normalized spacial score (nSPS) is 17.4. The molecule has 0 atom stereocenters. The number of nitrogens with one attached hydrogen (secondary N) is 1. The number of fused-ring (bicyclic) bond motifs is 5. The Kier molecular flexibility index (Phi) is 4.07. The van der Waals surface area contributed by atoms with Gasteiger partial charge in [-0.2, -0.15) is 0 Å². The van der Waals surface area contributed by atoms with Crippen LogP contribution in [-0.4, -0.2) is 5.54 Å². The number of para-hydroxylation sites is 1. The number of hydrogen-bond donors (Lipinski definition) is 1. The van der Waals surface area contributed by atoms with Crippen molar-refractivity contribution in [2.75, 3.05) is 5.32 Å². The van der Waals surface area contributed by atoms with E-state index < -0.39 is 0 Å². The summed E-state index contributed by atoms with van der Waals surface area (Å²) >= 11 is 6.46. The predicted molar refractivity (Wildman–Crippen MR) is 123 cm³/mol. The van der Waals surface area contributed by atoms with Crippen molar-refractivity contribution in [1.29, 1.82) is 0 Å². The van der Waals surface area contributed by atoms with Gasteiger partial charge in [0.1, 0.15) is 11.5 Å². The molecule has 3 heteroatoms. The highest BCUT2D eigenvalue weighted by molar-refractivity contribution is 6.32. The van der Waals surface area contributed by atoms with Gasteiger partial charge in [0.25, 0.3) is 0 Å². The molecule has 2 aliphatic rings. The minimum atomic E-state index is -0.0919. The smallest absolute Gasteiger partial charge is 0.136 e. The van der Waals surface area contributed by atoms with Crippen molar-refractivity contribution in [2.45, 2.75) is 26.3 Å². The Morgan fingerprint density at radius 1 is 0.897 bits per heavy atom. The molecule has 29 heavy (non-hydrogen) atoms. The Morgan fingerprint density at radius 3 is 2.48 bits per heavy atom. The summed E-state index contributed by atoms with van der Waals surface area (Å²) in [7, 11) is 0. The zero-order valence-corrected chi connectivity index (χ0v) is 17.5. The number of halogens is 1. The summed E-state index contributed by atoms with van der Waals surface area (Å²) in [4.78, 5) is 0. The highest BCUT2D eigenvalue weighted by atomic mass is 35.5. The zero-order chi connectivity index (χ0) is 20.2. The summed E-state index contributed by atoms with van der Waals surface area (Å²) in [5, 5.41) is 4.36. The molecule has 0 aromatic heterocycles. The zero-order valence-electron chi connectivity index (χ0n) is 16.7. The first kappa shape index (κ1) is 18.1. The Bertz CT molecular complexity index is 1200. The van der Waals surface area contributed by atoms with Gasteiger partial charge in [0.05, 0.1) is 5.54 Å². The molecule has 2 heterocycles. The molecule has 1 N–H and O–H groups in total. The number of anilines is 1. The van der Waals surface area contributed by atoms with E-state index >= 15 is 0 Å².